The summed E-state index contributed by atoms with van der Waals surface area (Å²) in [6, 6.07) is 15.7. The van der Waals surface area contributed by atoms with E-state index in [1.54, 1.807) is 9.13 Å². The Hall–Kier alpha value is -2.82. The minimum absolute atomic E-state index is 0.0176. The summed E-state index contributed by atoms with van der Waals surface area (Å²) in [6.07, 6.45) is 0.991. The van der Waals surface area contributed by atoms with Crippen LogP contribution in [0.2, 0.25) is 0 Å². The van der Waals surface area contributed by atoms with Gasteiger partial charge in [-0.1, -0.05) is 43.3 Å². The lowest BCUT2D eigenvalue weighted by atomic mass is 10.1. The normalized spacial score (nSPS) is 12.3. The molecular formula is C21H25N3O2. The van der Waals surface area contributed by atoms with Crippen molar-refractivity contribution in [3.8, 4) is 0 Å². The number of hydrogen-bond acceptors (Lipinski definition) is 2. The molecule has 1 aromatic heterocycles. The van der Waals surface area contributed by atoms with E-state index >= 15 is 0 Å². The van der Waals surface area contributed by atoms with Crippen molar-refractivity contribution < 1.29 is 4.79 Å². The molecule has 3 rings (SSSR count). The van der Waals surface area contributed by atoms with Crippen LogP contribution in [0.15, 0.2) is 53.3 Å². The molecule has 0 bridgehead atoms. The molecule has 5 heteroatoms. The second kappa shape index (κ2) is 7.60. The first-order chi connectivity index (χ1) is 12.5. The van der Waals surface area contributed by atoms with Crippen molar-refractivity contribution in [3.63, 3.8) is 0 Å². The molecule has 0 aliphatic heterocycles. The van der Waals surface area contributed by atoms with Crippen molar-refractivity contribution in [2.45, 2.75) is 46.3 Å². The molecule has 0 aliphatic rings. The van der Waals surface area contributed by atoms with E-state index in [9.17, 15) is 9.59 Å². The van der Waals surface area contributed by atoms with Crippen LogP contribution in [0.3, 0.4) is 0 Å². The first kappa shape index (κ1) is 18.0. The Balaban J connectivity index is 1.79. The number of benzene rings is 2. The van der Waals surface area contributed by atoms with Gasteiger partial charge < -0.3 is 5.32 Å². The van der Waals surface area contributed by atoms with Gasteiger partial charge in [0.25, 0.3) is 0 Å². The number of nitrogens with zero attached hydrogens (tertiary/aromatic N) is 2. The summed E-state index contributed by atoms with van der Waals surface area (Å²) in [7, 11) is 0. The number of aryl methyl sites for hydroxylation is 2. The lowest BCUT2D eigenvalue weighted by Gasteiger charge is -2.15. The Morgan fingerprint density at radius 2 is 1.62 bits per heavy atom. The maximum Gasteiger partial charge on any atom is 0.329 e. The van der Waals surface area contributed by atoms with Crippen LogP contribution in [0.4, 0.5) is 0 Å². The summed E-state index contributed by atoms with van der Waals surface area (Å²) in [5.74, 6) is -0.168. The van der Waals surface area contributed by atoms with E-state index in [0.29, 0.717) is 6.54 Å². The van der Waals surface area contributed by atoms with Crippen molar-refractivity contribution in [1.82, 2.24) is 14.5 Å². The Labute approximate surface area is 153 Å². The molecule has 0 fully saturated rings. The van der Waals surface area contributed by atoms with E-state index in [-0.39, 0.29) is 24.2 Å². The average molecular weight is 351 g/mol. The van der Waals surface area contributed by atoms with Gasteiger partial charge >= 0.3 is 5.69 Å². The molecule has 26 heavy (non-hydrogen) atoms. The zero-order valence-electron chi connectivity index (χ0n) is 15.5. The van der Waals surface area contributed by atoms with Gasteiger partial charge in [0.15, 0.2) is 0 Å². The van der Waals surface area contributed by atoms with Crippen LogP contribution >= 0.6 is 0 Å². The minimum atomic E-state index is -0.168. The number of amides is 1. The lowest BCUT2D eigenvalue weighted by molar-refractivity contribution is -0.122. The fraction of sp³-hybridized carbons (Fsp3) is 0.333. The van der Waals surface area contributed by atoms with Gasteiger partial charge in [0.2, 0.25) is 5.91 Å². The van der Waals surface area contributed by atoms with Gasteiger partial charge in [-0.05, 0) is 43.5 Å². The van der Waals surface area contributed by atoms with Gasteiger partial charge in [-0.3, -0.25) is 13.9 Å². The first-order valence-electron chi connectivity index (χ1n) is 9.11. The summed E-state index contributed by atoms with van der Waals surface area (Å²) in [6.45, 7) is 6.60. The number of nitrogens with one attached hydrogen (secondary N) is 1. The third-order valence-electron chi connectivity index (χ3n) is 4.81. The highest BCUT2D eigenvalue weighted by Gasteiger charge is 2.16. The van der Waals surface area contributed by atoms with Gasteiger partial charge in [-0.2, -0.15) is 0 Å². The Bertz CT molecular complexity index is 967. The van der Waals surface area contributed by atoms with Crippen LogP contribution < -0.4 is 11.0 Å². The van der Waals surface area contributed by atoms with Crippen molar-refractivity contribution in [3.05, 3.63) is 70.1 Å². The van der Waals surface area contributed by atoms with Crippen LogP contribution in [-0.4, -0.2) is 15.0 Å². The number of fused-ring (bicyclic) bond motifs is 1. The van der Waals surface area contributed by atoms with Crippen LogP contribution in [0.25, 0.3) is 11.0 Å². The maximum absolute atomic E-state index is 12.6. The number of imidazole rings is 1. The molecule has 136 valence electrons. The fourth-order valence-corrected chi connectivity index (χ4v) is 3.29. The fourth-order valence-electron chi connectivity index (χ4n) is 3.29. The second-order valence-electron chi connectivity index (χ2n) is 6.49. The highest BCUT2D eigenvalue weighted by atomic mass is 16.2. The largest absolute Gasteiger partial charge is 0.348 e. The predicted octanol–water partition coefficient (Wildman–Crippen LogP) is 3.26. The molecule has 1 atom stereocenters. The quantitative estimate of drug-likeness (QED) is 0.741. The van der Waals surface area contributed by atoms with E-state index in [0.717, 1.165) is 23.0 Å². The number of para-hydroxylation sites is 2. The first-order valence-corrected chi connectivity index (χ1v) is 9.11. The zero-order chi connectivity index (χ0) is 18.7. The Kier molecular flexibility index (Phi) is 5.26. The molecule has 5 nitrogen and oxygen atoms in total. The summed E-state index contributed by atoms with van der Waals surface area (Å²) in [5.41, 5.74) is 3.82. The monoisotopic (exact) mass is 351 g/mol. The molecule has 0 saturated heterocycles. The van der Waals surface area contributed by atoms with Crippen LogP contribution in [0.1, 0.15) is 37.9 Å². The SMILES string of the molecule is CCc1ccc(C(C)NC(=O)Cn2c(=O)n(CC)c3ccccc32)cc1. The maximum atomic E-state index is 12.6. The third-order valence-corrected chi connectivity index (χ3v) is 4.81. The average Bonchev–Trinajstić information content (AvgIpc) is 2.93. The zero-order valence-corrected chi connectivity index (χ0v) is 15.5. The molecule has 1 unspecified atom stereocenters. The van der Waals surface area contributed by atoms with E-state index in [1.165, 1.54) is 5.56 Å². The van der Waals surface area contributed by atoms with Gasteiger partial charge in [0.1, 0.15) is 6.54 Å². The van der Waals surface area contributed by atoms with Crippen molar-refractivity contribution >= 4 is 16.9 Å². The molecule has 0 radical (unpaired) electrons. The molecule has 2 aromatic carbocycles. The molecule has 1 amide bonds. The Morgan fingerprint density at radius 3 is 2.19 bits per heavy atom. The standard InChI is InChI=1S/C21H25N3O2/c1-4-16-10-12-17(13-11-16)15(3)22-20(25)14-24-19-9-7-6-8-18(19)23(5-2)21(24)26/h6-13,15H,4-5,14H2,1-3H3,(H,22,25). The number of carbonyl (C=O) groups is 1. The van der Waals surface area contributed by atoms with E-state index in [4.69, 9.17) is 0 Å². The van der Waals surface area contributed by atoms with Gasteiger partial charge in [0.05, 0.1) is 17.1 Å². The molecule has 0 saturated carbocycles. The lowest BCUT2D eigenvalue weighted by Crippen LogP contribution is -2.34. The van der Waals surface area contributed by atoms with Crippen LogP contribution in [0.5, 0.6) is 0 Å². The number of carbonyl (C=O) groups excluding carboxylic acids is 1. The number of hydrogen-bond donors (Lipinski definition) is 1. The molecule has 1 N–H and O–H groups in total. The van der Waals surface area contributed by atoms with Crippen molar-refractivity contribution in [1.29, 1.82) is 0 Å². The smallest absolute Gasteiger partial charge is 0.329 e. The molecule has 0 aliphatic carbocycles. The summed E-state index contributed by atoms with van der Waals surface area (Å²) in [5, 5.41) is 2.99. The number of aromatic nitrogens is 2. The summed E-state index contributed by atoms with van der Waals surface area (Å²) >= 11 is 0. The topological polar surface area (TPSA) is 56.0 Å². The summed E-state index contributed by atoms with van der Waals surface area (Å²) in [4.78, 5) is 25.2. The Morgan fingerprint density at radius 1 is 1.00 bits per heavy atom. The molecular weight excluding hydrogens is 326 g/mol. The van der Waals surface area contributed by atoms with Gasteiger partial charge in [0, 0.05) is 6.54 Å². The highest BCUT2D eigenvalue weighted by Crippen LogP contribution is 2.15. The van der Waals surface area contributed by atoms with Crippen molar-refractivity contribution in [2.24, 2.45) is 0 Å². The predicted molar refractivity (Wildman–Crippen MR) is 104 cm³/mol. The second-order valence-corrected chi connectivity index (χ2v) is 6.49. The van der Waals surface area contributed by atoms with E-state index < -0.39 is 0 Å². The van der Waals surface area contributed by atoms with Crippen molar-refractivity contribution in [2.75, 3.05) is 0 Å². The highest BCUT2D eigenvalue weighted by molar-refractivity contribution is 5.81. The van der Waals surface area contributed by atoms with Crippen LogP contribution in [-0.2, 0) is 24.3 Å². The minimum Gasteiger partial charge on any atom is -0.348 e. The third kappa shape index (κ3) is 3.43. The molecule has 1 heterocycles. The number of rotatable bonds is 6. The van der Waals surface area contributed by atoms with Crippen LogP contribution in [0, 0.1) is 0 Å². The van der Waals surface area contributed by atoms with Gasteiger partial charge in [-0.15, -0.1) is 0 Å². The molecule has 0 spiro atoms. The van der Waals surface area contributed by atoms with Gasteiger partial charge in [-0.25, -0.2) is 4.79 Å². The van der Waals surface area contributed by atoms with E-state index in [2.05, 4.69) is 24.4 Å². The van der Waals surface area contributed by atoms with E-state index in [1.807, 2.05) is 50.2 Å². The molecule has 3 aromatic rings. The summed E-state index contributed by atoms with van der Waals surface area (Å²) < 4.78 is 3.23.